The van der Waals surface area contributed by atoms with E-state index < -0.39 is 24.4 Å². The van der Waals surface area contributed by atoms with E-state index in [2.05, 4.69) is 10.1 Å². The van der Waals surface area contributed by atoms with Crippen LogP contribution in [0.2, 0.25) is 0 Å². The van der Waals surface area contributed by atoms with Gasteiger partial charge < -0.3 is 15.0 Å². The first kappa shape index (κ1) is 21.5. The number of nitrogens with one attached hydrogen (secondary N) is 1. The first-order chi connectivity index (χ1) is 13.2. The van der Waals surface area contributed by atoms with Gasteiger partial charge in [-0.3, -0.25) is 0 Å². The van der Waals surface area contributed by atoms with Gasteiger partial charge in [0, 0.05) is 20.1 Å². The predicted octanol–water partition coefficient (Wildman–Crippen LogP) is 4.69. The second-order valence-corrected chi connectivity index (χ2v) is 6.02. The fraction of sp³-hybridized carbons (Fsp3) is 0.316. The number of amides is 2. The molecule has 0 unspecified atom stereocenters. The van der Waals surface area contributed by atoms with E-state index in [0.717, 1.165) is 16.5 Å². The number of nitrogens with zero attached hydrogens (tertiary/aromatic N) is 1. The Morgan fingerprint density at radius 1 is 1.11 bits per heavy atom. The molecule has 0 aliphatic rings. The lowest BCUT2D eigenvalue weighted by Gasteiger charge is -2.20. The van der Waals surface area contributed by atoms with Crippen LogP contribution in [-0.2, 0) is 19.1 Å². The van der Waals surface area contributed by atoms with Crippen molar-refractivity contribution in [2.45, 2.75) is 25.8 Å². The number of hydrogen-bond donors (Lipinski definition) is 1. The molecule has 0 radical (unpaired) electrons. The minimum atomic E-state index is -4.49. The van der Waals surface area contributed by atoms with Gasteiger partial charge >= 0.3 is 18.8 Å². The summed E-state index contributed by atoms with van der Waals surface area (Å²) in [5.74, 6) is 0.0332. The third-order valence-electron chi connectivity index (χ3n) is 3.92. The van der Waals surface area contributed by atoms with Crippen molar-refractivity contribution in [2.24, 2.45) is 0 Å². The molecule has 152 valence electrons. The van der Waals surface area contributed by atoms with E-state index in [1.165, 1.54) is 37.4 Å². The average Bonchev–Trinajstić information content (AvgIpc) is 2.62. The molecule has 4 nitrogen and oxygen atoms in total. The highest BCUT2D eigenvalue weighted by Crippen LogP contribution is 2.32. The van der Waals surface area contributed by atoms with Crippen molar-refractivity contribution in [3.63, 3.8) is 0 Å². The second-order valence-electron chi connectivity index (χ2n) is 6.02. The topological polar surface area (TPSA) is 41.6 Å². The summed E-state index contributed by atoms with van der Waals surface area (Å²) in [7, 11) is 1.40. The van der Waals surface area contributed by atoms with E-state index >= 15 is 0 Å². The van der Waals surface area contributed by atoms with E-state index in [1.54, 1.807) is 12.1 Å². The van der Waals surface area contributed by atoms with Crippen molar-refractivity contribution in [3.05, 3.63) is 65.2 Å². The second kappa shape index (κ2) is 9.38. The Labute approximate surface area is 158 Å². The molecule has 0 aromatic heterocycles. The van der Waals surface area contributed by atoms with Crippen molar-refractivity contribution < 1.29 is 31.5 Å². The van der Waals surface area contributed by atoms with Gasteiger partial charge in [-0.15, -0.1) is 0 Å². The number of ether oxygens (including phenoxy) is 1. The molecule has 0 bridgehead atoms. The summed E-state index contributed by atoms with van der Waals surface area (Å²) in [6.07, 6.45) is -4.07. The van der Waals surface area contributed by atoms with E-state index in [4.69, 9.17) is 0 Å². The van der Waals surface area contributed by atoms with Crippen LogP contribution in [0.5, 0.6) is 5.75 Å². The fourth-order valence-corrected chi connectivity index (χ4v) is 2.55. The van der Waals surface area contributed by atoms with E-state index in [-0.39, 0.29) is 24.4 Å². The average molecular weight is 402 g/mol. The highest BCUT2D eigenvalue weighted by Gasteiger charge is 2.33. The number of benzene rings is 2. The molecule has 2 aromatic carbocycles. The lowest BCUT2D eigenvalue weighted by molar-refractivity contribution is -0.138. The summed E-state index contributed by atoms with van der Waals surface area (Å²) < 4.78 is 67.5. The number of carbonyl (C=O) groups is 1. The normalized spacial score (nSPS) is 11.4. The van der Waals surface area contributed by atoms with Gasteiger partial charge in [-0.1, -0.05) is 30.3 Å². The molecule has 0 aliphatic carbocycles. The lowest BCUT2D eigenvalue weighted by Crippen LogP contribution is -2.38. The Morgan fingerprint density at radius 3 is 2.36 bits per heavy atom. The van der Waals surface area contributed by atoms with Crippen molar-refractivity contribution in [1.29, 1.82) is 0 Å². The summed E-state index contributed by atoms with van der Waals surface area (Å²) in [6.45, 7) is -2.86. The maximum atomic E-state index is 13.0. The summed E-state index contributed by atoms with van der Waals surface area (Å²) in [4.78, 5) is 13.3. The molecule has 2 aromatic rings. The number of carbonyl (C=O) groups excluding carboxylic acids is 1. The van der Waals surface area contributed by atoms with Crippen LogP contribution in [0, 0.1) is 0 Å². The molecule has 2 rings (SSSR count). The molecular weight excluding hydrogens is 383 g/mol. The van der Waals surface area contributed by atoms with Crippen molar-refractivity contribution >= 4 is 6.03 Å². The third kappa shape index (κ3) is 6.40. The van der Waals surface area contributed by atoms with Crippen LogP contribution >= 0.6 is 0 Å². The van der Waals surface area contributed by atoms with Gasteiger partial charge in [0.2, 0.25) is 0 Å². The SMILES string of the molecule is CN(Cc1ccccc1C(F)(F)F)C(=O)NCCc1ccc(OC(F)F)cc1. The quantitative estimate of drug-likeness (QED) is 0.683. The predicted molar refractivity (Wildman–Crippen MR) is 93.1 cm³/mol. The fourth-order valence-electron chi connectivity index (χ4n) is 2.55. The van der Waals surface area contributed by atoms with Gasteiger partial charge in [-0.2, -0.15) is 22.0 Å². The summed E-state index contributed by atoms with van der Waals surface area (Å²) in [5, 5.41) is 2.61. The van der Waals surface area contributed by atoms with Crippen molar-refractivity contribution in [1.82, 2.24) is 10.2 Å². The van der Waals surface area contributed by atoms with Gasteiger partial charge in [-0.25, -0.2) is 4.79 Å². The molecule has 2 amide bonds. The van der Waals surface area contributed by atoms with Crippen LogP contribution in [0.3, 0.4) is 0 Å². The van der Waals surface area contributed by atoms with Gasteiger partial charge in [-0.05, 0) is 35.7 Å². The van der Waals surface area contributed by atoms with Crippen LogP contribution in [0.1, 0.15) is 16.7 Å². The molecule has 0 atom stereocenters. The van der Waals surface area contributed by atoms with Crippen LogP contribution in [-0.4, -0.2) is 31.1 Å². The molecule has 28 heavy (non-hydrogen) atoms. The number of hydrogen-bond acceptors (Lipinski definition) is 2. The zero-order valence-corrected chi connectivity index (χ0v) is 15.0. The lowest BCUT2D eigenvalue weighted by atomic mass is 10.1. The molecule has 0 saturated carbocycles. The minimum absolute atomic E-state index is 0.00210. The molecule has 0 fully saturated rings. The summed E-state index contributed by atoms with van der Waals surface area (Å²) in [5.41, 5.74) is 0.00927. The maximum absolute atomic E-state index is 13.0. The van der Waals surface area contributed by atoms with Crippen molar-refractivity contribution in [2.75, 3.05) is 13.6 Å². The van der Waals surface area contributed by atoms with Crippen LogP contribution in [0.15, 0.2) is 48.5 Å². The Hall–Kier alpha value is -2.84. The number of urea groups is 1. The van der Waals surface area contributed by atoms with Gasteiger partial charge in [0.05, 0.1) is 5.56 Å². The Morgan fingerprint density at radius 2 is 1.75 bits per heavy atom. The minimum Gasteiger partial charge on any atom is -0.435 e. The molecular formula is C19H19F5N2O2. The van der Waals surface area contributed by atoms with E-state index in [0.29, 0.717) is 6.42 Å². The summed E-state index contributed by atoms with van der Waals surface area (Å²) in [6, 6.07) is 10.5. The molecule has 1 N–H and O–H groups in total. The molecule has 0 saturated heterocycles. The van der Waals surface area contributed by atoms with Gasteiger partial charge in [0.1, 0.15) is 5.75 Å². The van der Waals surface area contributed by atoms with Gasteiger partial charge in [0.15, 0.2) is 0 Å². The number of alkyl halides is 5. The highest BCUT2D eigenvalue weighted by atomic mass is 19.4. The maximum Gasteiger partial charge on any atom is 0.416 e. The molecule has 0 heterocycles. The molecule has 0 spiro atoms. The van der Waals surface area contributed by atoms with E-state index in [1.807, 2.05) is 0 Å². The zero-order valence-electron chi connectivity index (χ0n) is 15.0. The standard InChI is InChI=1S/C19H19F5N2O2/c1-26(12-14-4-2-3-5-16(14)19(22,23)24)18(27)25-11-10-13-6-8-15(9-7-13)28-17(20)21/h2-9,17H,10-12H2,1H3,(H,25,27). The summed E-state index contributed by atoms with van der Waals surface area (Å²) >= 11 is 0. The van der Waals surface area contributed by atoms with Crippen LogP contribution < -0.4 is 10.1 Å². The van der Waals surface area contributed by atoms with Crippen LogP contribution in [0.4, 0.5) is 26.7 Å². The number of rotatable bonds is 7. The number of halogens is 5. The Kier molecular flexibility index (Phi) is 7.19. The molecule has 9 heteroatoms. The largest absolute Gasteiger partial charge is 0.435 e. The zero-order chi connectivity index (χ0) is 20.7. The van der Waals surface area contributed by atoms with Crippen molar-refractivity contribution in [3.8, 4) is 5.75 Å². The smallest absolute Gasteiger partial charge is 0.416 e. The monoisotopic (exact) mass is 402 g/mol. The van der Waals surface area contributed by atoms with Crippen LogP contribution in [0.25, 0.3) is 0 Å². The van der Waals surface area contributed by atoms with E-state index in [9.17, 15) is 26.7 Å². The Balaban J connectivity index is 1.85. The molecule has 0 aliphatic heterocycles. The first-order valence-corrected chi connectivity index (χ1v) is 8.34. The first-order valence-electron chi connectivity index (χ1n) is 8.34. The third-order valence-corrected chi connectivity index (χ3v) is 3.92. The highest BCUT2D eigenvalue weighted by molar-refractivity contribution is 5.73. The Bertz CT molecular complexity index is 779. The van der Waals surface area contributed by atoms with Gasteiger partial charge in [0.25, 0.3) is 0 Å².